The molecule has 3 N–H and O–H groups in total. The van der Waals surface area contributed by atoms with Gasteiger partial charge in [0.05, 0.1) is 18.8 Å². The van der Waals surface area contributed by atoms with E-state index in [9.17, 15) is 18.0 Å². The average molecular weight is 421 g/mol. The van der Waals surface area contributed by atoms with E-state index in [1.165, 1.54) is 0 Å². The first-order valence-electron chi connectivity index (χ1n) is 9.14. The first-order valence-corrected chi connectivity index (χ1v) is 9.14. The maximum absolute atomic E-state index is 10.8. The molecule has 0 spiro atoms. The third-order valence-electron chi connectivity index (χ3n) is 4.26. The summed E-state index contributed by atoms with van der Waals surface area (Å²) in [6, 6.07) is 6.60. The molecule has 1 aliphatic carbocycles. The molecule has 0 atom stereocenters. The van der Waals surface area contributed by atoms with Gasteiger partial charge in [0.1, 0.15) is 0 Å². The second-order valence-electron chi connectivity index (χ2n) is 6.36. The highest BCUT2D eigenvalue weighted by Crippen LogP contribution is 2.25. The van der Waals surface area contributed by atoms with Crippen LogP contribution in [0, 0.1) is 0 Å². The number of alkyl halides is 3. The molecule has 8 nitrogen and oxygen atoms in total. The van der Waals surface area contributed by atoms with Gasteiger partial charge in [0.25, 0.3) is 0 Å². The first kappa shape index (κ1) is 24.6. The van der Waals surface area contributed by atoms with Crippen LogP contribution in [0.1, 0.15) is 32.4 Å². The predicted octanol–water partition coefficient (Wildman–Crippen LogP) is 2.14. The zero-order valence-corrected chi connectivity index (χ0v) is 16.3. The van der Waals surface area contributed by atoms with Crippen molar-refractivity contribution in [2.75, 3.05) is 19.7 Å². The molecule has 164 valence electrons. The number of carboxylic acid groups (broad SMARTS) is 2. The second kappa shape index (κ2) is 11.6. The van der Waals surface area contributed by atoms with Crippen LogP contribution in [0.15, 0.2) is 18.2 Å². The Morgan fingerprint density at radius 1 is 1.28 bits per heavy atom. The standard InChI is InChI=1S/C16H25N3O3.C2HF3O2/c1-3-19(11-16(20)21)14-8-13(9-14)17-10-12-6-5-7-15(18-12)22-4-2;3-2(4,5)1(6)7/h5-7,13-14,17H,3-4,8-11H2,1-2H3,(H,20,21);(H,6,7). The van der Waals surface area contributed by atoms with Gasteiger partial charge >= 0.3 is 18.1 Å². The summed E-state index contributed by atoms with van der Waals surface area (Å²) in [6.07, 6.45) is -3.10. The minimum Gasteiger partial charge on any atom is -0.480 e. The Kier molecular flexibility index (Phi) is 9.83. The molecule has 0 aromatic carbocycles. The molecule has 1 aromatic heterocycles. The highest BCUT2D eigenvalue weighted by Gasteiger charge is 2.38. The molecular formula is C18H26F3N3O5. The number of aliphatic carboxylic acids is 2. The summed E-state index contributed by atoms with van der Waals surface area (Å²) in [5, 5.41) is 19.5. The van der Waals surface area contributed by atoms with Gasteiger partial charge in [-0.05, 0) is 32.4 Å². The minimum absolute atomic E-state index is 0.131. The van der Waals surface area contributed by atoms with Crippen molar-refractivity contribution in [2.24, 2.45) is 0 Å². The number of halogens is 3. The molecule has 1 fully saturated rings. The maximum Gasteiger partial charge on any atom is 0.490 e. The Balaban J connectivity index is 0.000000516. The van der Waals surface area contributed by atoms with Crippen LogP contribution in [-0.4, -0.2) is 70.0 Å². The number of hydrogen-bond donors (Lipinski definition) is 3. The van der Waals surface area contributed by atoms with E-state index in [2.05, 4.69) is 10.3 Å². The highest BCUT2D eigenvalue weighted by molar-refractivity contribution is 5.73. The molecule has 1 aromatic rings. The summed E-state index contributed by atoms with van der Waals surface area (Å²) in [5.74, 6) is -2.85. The summed E-state index contributed by atoms with van der Waals surface area (Å²) >= 11 is 0. The molecule has 0 saturated heterocycles. The van der Waals surface area contributed by atoms with Gasteiger partial charge in [-0.15, -0.1) is 0 Å². The first-order chi connectivity index (χ1) is 13.6. The van der Waals surface area contributed by atoms with Crippen molar-refractivity contribution in [3.63, 3.8) is 0 Å². The van der Waals surface area contributed by atoms with Crippen LogP contribution in [0.5, 0.6) is 5.88 Å². The number of aromatic nitrogens is 1. The lowest BCUT2D eigenvalue weighted by molar-refractivity contribution is -0.192. The Morgan fingerprint density at radius 2 is 1.90 bits per heavy atom. The average Bonchev–Trinajstić information content (AvgIpc) is 2.59. The molecule has 0 amide bonds. The van der Waals surface area contributed by atoms with E-state index in [1.54, 1.807) is 0 Å². The molecular weight excluding hydrogens is 395 g/mol. The van der Waals surface area contributed by atoms with Gasteiger partial charge in [0.15, 0.2) is 0 Å². The zero-order valence-electron chi connectivity index (χ0n) is 16.3. The number of rotatable bonds is 9. The summed E-state index contributed by atoms with van der Waals surface area (Å²) in [7, 11) is 0. The Labute approximate surface area is 166 Å². The van der Waals surface area contributed by atoms with Crippen LogP contribution in [0.2, 0.25) is 0 Å². The number of hydrogen-bond acceptors (Lipinski definition) is 6. The summed E-state index contributed by atoms with van der Waals surface area (Å²) < 4.78 is 37.1. The van der Waals surface area contributed by atoms with Crippen LogP contribution in [0.3, 0.4) is 0 Å². The number of ether oxygens (including phenoxy) is 1. The summed E-state index contributed by atoms with van der Waals surface area (Å²) in [5.41, 5.74) is 0.965. The van der Waals surface area contributed by atoms with Crippen molar-refractivity contribution in [2.45, 2.75) is 51.5 Å². The van der Waals surface area contributed by atoms with Crippen molar-refractivity contribution in [1.82, 2.24) is 15.2 Å². The highest BCUT2D eigenvalue weighted by atomic mass is 19.4. The fourth-order valence-corrected chi connectivity index (χ4v) is 2.76. The topological polar surface area (TPSA) is 112 Å². The molecule has 2 rings (SSSR count). The predicted molar refractivity (Wildman–Crippen MR) is 97.6 cm³/mol. The molecule has 1 aliphatic rings. The molecule has 1 heterocycles. The van der Waals surface area contributed by atoms with Crippen LogP contribution in [0.4, 0.5) is 13.2 Å². The second-order valence-corrected chi connectivity index (χ2v) is 6.36. The van der Waals surface area contributed by atoms with E-state index in [0.29, 0.717) is 31.1 Å². The number of nitrogens with one attached hydrogen (secondary N) is 1. The lowest BCUT2D eigenvalue weighted by Crippen LogP contribution is -2.53. The van der Waals surface area contributed by atoms with Crippen molar-refractivity contribution >= 4 is 11.9 Å². The normalized spacial score (nSPS) is 18.4. The van der Waals surface area contributed by atoms with Gasteiger partial charge in [0, 0.05) is 24.7 Å². The van der Waals surface area contributed by atoms with Gasteiger partial charge in [-0.3, -0.25) is 9.69 Å². The Bertz CT molecular complexity index is 666. The van der Waals surface area contributed by atoms with Gasteiger partial charge in [-0.2, -0.15) is 13.2 Å². The van der Waals surface area contributed by atoms with E-state index >= 15 is 0 Å². The number of carbonyl (C=O) groups is 2. The lowest BCUT2D eigenvalue weighted by atomic mass is 9.85. The van der Waals surface area contributed by atoms with Crippen LogP contribution in [0.25, 0.3) is 0 Å². The summed E-state index contributed by atoms with van der Waals surface area (Å²) in [4.78, 5) is 26.2. The molecule has 29 heavy (non-hydrogen) atoms. The van der Waals surface area contributed by atoms with Crippen LogP contribution < -0.4 is 10.1 Å². The third-order valence-corrected chi connectivity index (χ3v) is 4.26. The van der Waals surface area contributed by atoms with Gasteiger partial charge < -0.3 is 20.3 Å². The molecule has 0 unspecified atom stereocenters. The van der Waals surface area contributed by atoms with Crippen molar-refractivity contribution in [3.8, 4) is 5.88 Å². The van der Waals surface area contributed by atoms with E-state index in [-0.39, 0.29) is 6.54 Å². The van der Waals surface area contributed by atoms with Crippen LogP contribution in [-0.2, 0) is 16.1 Å². The maximum atomic E-state index is 10.8. The Morgan fingerprint density at radius 3 is 2.38 bits per heavy atom. The fourth-order valence-electron chi connectivity index (χ4n) is 2.76. The Hall–Kier alpha value is -2.40. The number of likely N-dealkylation sites (N-methyl/N-ethyl adjacent to an activating group) is 1. The zero-order chi connectivity index (χ0) is 22.0. The smallest absolute Gasteiger partial charge is 0.480 e. The number of pyridine rings is 1. The third kappa shape index (κ3) is 9.09. The fraction of sp³-hybridized carbons (Fsp3) is 0.611. The SMILES string of the molecule is CCOc1cccc(CNC2CC(N(CC)CC(=O)O)C2)n1.O=C(O)C(F)(F)F. The van der Waals surface area contributed by atoms with Crippen molar-refractivity contribution in [3.05, 3.63) is 23.9 Å². The minimum atomic E-state index is -5.08. The molecule has 0 bridgehead atoms. The van der Waals surface area contributed by atoms with E-state index in [4.69, 9.17) is 19.7 Å². The van der Waals surface area contributed by atoms with E-state index < -0.39 is 18.1 Å². The molecule has 0 radical (unpaired) electrons. The van der Waals surface area contributed by atoms with Crippen molar-refractivity contribution < 1.29 is 37.7 Å². The molecule has 0 aliphatic heterocycles. The van der Waals surface area contributed by atoms with Crippen LogP contribution >= 0.6 is 0 Å². The quantitative estimate of drug-likeness (QED) is 0.556. The van der Waals surface area contributed by atoms with E-state index in [0.717, 1.165) is 25.1 Å². The van der Waals surface area contributed by atoms with Gasteiger partial charge in [-0.1, -0.05) is 13.0 Å². The number of nitrogens with zero attached hydrogens (tertiary/aromatic N) is 2. The van der Waals surface area contributed by atoms with Crippen molar-refractivity contribution in [1.29, 1.82) is 0 Å². The van der Waals surface area contributed by atoms with Gasteiger partial charge in [0.2, 0.25) is 5.88 Å². The van der Waals surface area contributed by atoms with E-state index in [1.807, 2.05) is 36.9 Å². The lowest BCUT2D eigenvalue weighted by Gasteiger charge is -2.42. The largest absolute Gasteiger partial charge is 0.490 e. The molecule has 11 heteroatoms. The number of carboxylic acids is 2. The molecule has 1 saturated carbocycles. The monoisotopic (exact) mass is 421 g/mol. The van der Waals surface area contributed by atoms with Gasteiger partial charge in [-0.25, -0.2) is 9.78 Å². The summed E-state index contributed by atoms with van der Waals surface area (Å²) in [6.45, 7) is 6.19.